The fourth-order valence-corrected chi connectivity index (χ4v) is 1.55. The number of hydrogen-bond acceptors (Lipinski definition) is 4. The molecule has 1 heterocycles. The second-order valence-corrected chi connectivity index (χ2v) is 4.65. The van der Waals surface area contributed by atoms with Crippen molar-refractivity contribution in [2.24, 2.45) is 0 Å². The SMILES string of the molecule is COCCNc1nccn1CC(C)SC. The molecule has 0 fully saturated rings. The van der Waals surface area contributed by atoms with Crippen LogP contribution in [-0.2, 0) is 11.3 Å². The Morgan fingerprint density at radius 2 is 2.47 bits per heavy atom. The maximum Gasteiger partial charge on any atom is 0.202 e. The summed E-state index contributed by atoms with van der Waals surface area (Å²) in [5.41, 5.74) is 0. The van der Waals surface area contributed by atoms with Crippen molar-refractivity contribution < 1.29 is 4.74 Å². The number of nitrogens with one attached hydrogen (secondary N) is 1. The van der Waals surface area contributed by atoms with Gasteiger partial charge in [0.1, 0.15) is 0 Å². The maximum atomic E-state index is 4.98. The van der Waals surface area contributed by atoms with Gasteiger partial charge in [-0.1, -0.05) is 6.92 Å². The van der Waals surface area contributed by atoms with E-state index < -0.39 is 0 Å². The van der Waals surface area contributed by atoms with E-state index in [1.54, 1.807) is 7.11 Å². The highest BCUT2D eigenvalue weighted by Crippen LogP contribution is 2.12. The molecule has 0 aromatic carbocycles. The number of rotatable bonds is 7. The molecule has 0 aliphatic carbocycles. The van der Waals surface area contributed by atoms with Gasteiger partial charge in [0.05, 0.1) is 6.61 Å². The Labute approximate surface area is 95.4 Å². The van der Waals surface area contributed by atoms with Crippen LogP contribution in [0.3, 0.4) is 0 Å². The van der Waals surface area contributed by atoms with Gasteiger partial charge in [-0.25, -0.2) is 4.98 Å². The zero-order valence-electron chi connectivity index (χ0n) is 9.56. The van der Waals surface area contributed by atoms with Crippen LogP contribution in [0.1, 0.15) is 6.92 Å². The third-order valence-electron chi connectivity index (χ3n) is 2.16. The fourth-order valence-electron chi connectivity index (χ4n) is 1.24. The van der Waals surface area contributed by atoms with Crippen LogP contribution in [0.15, 0.2) is 12.4 Å². The van der Waals surface area contributed by atoms with Gasteiger partial charge in [-0.15, -0.1) is 0 Å². The van der Waals surface area contributed by atoms with E-state index in [0.717, 1.165) is 19.0 Å². The van der Waals surface area contributed by atoms with Crippen molar-refractivity contribution in [2.45, 2.75) is 18.7 Å². The van der Waals surface area contributed by atoms with Crippen LogP contribution in [0.25, 0.3) is 0 Å². The molecular formula is C10H19N3OS. The van der Waals surface area contributed by atoms with E-state index in [1.165, 1.54) is 0 Å². The topological polar surface area (TPSA) is 39.1 Å². The zero-order chi connectivity index (χ0) is 11.1. The van der Waals surface area contributed by atoms with Crippen LogP contribution < -0.4 is 5.32 Å². The quantitative estimate of drug-likeness (QED) is 0.722. The van der Waals surface area contributed by atoms with Gasteiger partial charge in [-0.2, -0.15) is 11.8 Å². The molecule has 0 aliphatic rings. The Balaban J connectivity index is 2.45. The molecule has 5 heteroatoms. The van der Waals surface area contributed by atoms with E-state index in [-0.39, 0.29) is 0 Å². The third kappa shape index (κ3) is 4.13. The molecule has 0 aliphatic heterocycles. The first kappa shape index (κ1) is 12.4. The van der Waals surface area contributed by atoms with E-state index in [4.69, 9.17) is 4.74 Å². The average molecular weight is 229 g/mol. The lowest BCUT2D eigenvalue weighted by atomic mass is 10.4. The molecule has 1 atom stereocenters. The molecule has 1 N–H and O–H groups in total. The highest BCUT2D eigenvalue weighted by Gasteiger charge is 2.05. The van der Waals surface area contributed by atoms with Crippen molar-refractivity contribution in [1.82, 2.24) is 9.55 Å². The van der Waals surface area contributed by atoms with Gasteiger partial charge in [0.25, 0.3) is 0 Å². The van der Waals surface area contributed by atoms with Gasteiger partial charge in [-0.3, -0.25) is 0 Å². The van der Waals surface area contributed by atoms with Crippen molar-refractivity contribution in [3.63, 3.8) is 0 Å². The summed E-state index contributed by atoms with van der Waals surface area (Å²) in [5, 5.41) is 3.84. The molecule has 1 rings (SSSR count). The minimum absolute atomic E-state index is 0.599. The molecule has 0 amide bonds. The summed E-state index contributed by atoms with van der Waals surface area (Å²) in [7, 11) is 1.70. The fraction of sp³-hybridized carbons (Fsp3) is 0.700. The number of hydrogen-bond donors (Lipinski definition) is 1. The van der Waals surface area contributed by atoms with E-state index in [1.807, 2.05) is 24.2 Å². The smallest absolute Gasteiger partial charge is 0.202 e. The Morgan fingerprint density at radius 3 is 3.13 bits per heavy atom. The molecule has 1 unspecified atom stereocenters. The van der Waals surface area contributed by atoms with E-state index >= 15 is 0 Å². The maximum absolute atomic E-state index is 4.98. The average Bonchev–Trinajstić information content (AvgIpc) is 2.66. The second-order valence-electron chi connectivity index (χ2n) is 3.37. The molecule has 86 valence electrons. The minimum Gasteiger partial charge on any atom is -0.383 e. The lowest BCUT2D eigenvalue weighted by Gasteiger charge is -2.12. The molecule has 0 saturated heterocycles. The first-order chi connectivity index (χ1) is 7.27. The summed E-state index contributed by atoms with van der Waals surface area (Å²) in [6, 6.07) is 0. The minimum atomic E-state index is 0.599. The summed E-state index contributed by atoms with van der Waals surface area (Å²) >= 11 is 1.86. The second kappa shape index (κ2) is 6.74. The van der Waals surface area contributed by atoms with Gasteiger partial charge in [0.2, 0.25) is 5.95 Å². The molecule has 0 bridgehead atoms. The van der Waals surface area contributed by atoms with Crippen LogP contribution in [0.2, 0.25) is 0 Å². The van der Waals surface area contributed by atoms with Crippen molar-refractivity contribution >= 4 is 17.7 Å². The standard InChI is InChI=1S/C10H19N3OS/c1-9(15-3)8-13-6-4-11-10(13)12-5-7-14-2/h4,6,9H,5,7-8H2,1-3H3,(H,11,12). The van der Waals surface area contributed by atoms with E-state index in [0.29, 0.717) is 11.9 Å². The number of thioether (sulfide) groups is 1. The zero-order valence-corrected chi connectivity index (χ0v) is 10.4. The summed E-state index contributed by atoms with van der Waals surface area (Å²) in [6.45, 7) is 4.69. The molecular weight excluding hydrogens is 210 g/mol. The van der Waals surface area contributed by atoms with Crippen LogP contribution >= 0.6 is 11.8 Å². The van der Waals surface area contributed by atoms with Crippen LogP contribution in [0.4, 0.5) is 5.95 Å². The van der Waals surface area contributed by atoms with Gasteiger partial charge in [0.15, 0.2) is 0 Å². The van der Waals surface area contributed by atoms with Crippen molar-refractivity contribution in [3.05, 3.63) is 12.4 Å². The first-order valence-corrected chi connectivity index (χ1v) is 6.33. The Hall–Kier alpha value is -0.680. The number of nitrogens with zero attached hydrogens (tertiary/aromatic N) is 2. The van der Waals surface area contributed by atoms with Crippen LogP contribution in [-0.4, -0.2) is 41.3 Å². The molecule has 1 aromatic heterocycles. The number of ether oxygens (including phenoxy) is 1. The Bertz CT molecular complexity index is 277. The predicted molar refractivity (Wildman–Crippen MR) is 65.6 cm³/mol. The summed E-state index contributed by atoms with van der Waals surface area (Å²) in [5.74, 6) is 0.924. The lowest BCUT2D eigenvalue weighted by Crippen LogP contribution is -2.15. The normalized spacial score (nSPS) is 12.7. The van der Waals surface area contributed by atoms with E-state index in [2.05, 4.69) is 28.0 Å². The molecule has 15 heavy (non-hydrogen) atoms. The Morgan fingerprint density at radius 1 is 1.67 bits per heavy atom. The highest BCUT2D eigenvalue weighted by molar-refractivity contribution is 7.99. The van der Waals surface area contributed by atoms with Gasteiger partial charge >= 0.3 is 0 Å². The Kier molecular flexibility index (Phi) is 5.57. The number of imidazole rings is 1. The van der Waals surface area contributed by atoms with Crippen molar-refractivity contribution in [3.8, 4) is 0 Å². The number of aromatic nitrogens is 2. The molecule has 0 spiro atoms. The van der Waals surface area contributed by atoms with E-state index in [9.17, 15) is 0 Å². The van der Waals surface area contributed by atoms with Gasteiger partial charge in [0, 0.05) is 37.8 Å². The summed E-state index contributed by atoms with van der Waals surface area (Å²) < 4.78 is 7.11. The summed E-state index contributed by atoms with van der Waals surface area (Å²) in [4.78, 5) is 4.26. The van der Waals surface area contributed by atoms with Crippen molar-refractivity contribution in [2.75, 3.05) is 31.8 Å². The molecule has 1 aromatic rings. The number of methoxy groups -OCH3 is 1. The first-order valence-electron chi connectivity index (χ1n) is 5.04. The van der Waals surface area contributed by atoms with Crippen LogP contribution in [0.5, 0.6) is 0 Å². The highest BCUT2D eigenvalue weighted by atomic mass is 32.2. The largest absolute Gasteiger partial charge is 0.383 e. The number of anilines is 1. The molecule has 0 radical (unpaired) electrons. The lowest BCUT2D eigenvalue weighted by molar-refractivity contribution is 0.210. The van der Waals surface area contributed by atoms with Crippen molar-refractivity contribution in [1.29, 1.82) is 0 Å². The predicted octanol–water partition coefficient (Wildman–Crippen LogP) is 1.69. The third-order valence-corrected chi connectivity index (χ3v) is 3.11. The monoisotopic (exact) mass is 229 g/mol. The molecule has 0 saturated carbocycles. The molecule has 4 nitrogen and oxygen atoms in total. The van der Waals surface area contributed by atoms with Crippen LogP contribution in [0, 0.1) is 0 Å². The van der Waals surface area contributed by atoms with Gasteiger partial charge < -0.3 is 14.6 Å². The summed E-state index contributed by atoms with van der Waals surface area (Å²) in [6.07, 6.45) is 5.95. The van der Waals surface area contributed by atoms with Gasteiger partial charge in [-0.05, 0) is 6.26 Å².